The number of halogens is 1. The van der Waals surface area contributed by atoms with Gasteiger partial charge in [-0.15, -0.1) is 11.3 Å². The topological polar surface area (TPSA) is 20.2 Å². The Kier molecular flexibility index (Phi) is 4.89. The third kappa shape index (κ3) is 3.31. The van der Waals surface area contributed by atoms with Crippen molar-refractivity contribution in [1.82, 2.24) is 0 Å². The first kappa shape index (κ1) is 15.1. The number of hydrogen-bond acceptors (Lipinski definition) is 2. The Labute approximate surface area is 134 Å². The van der Waals surface area contributed by atoms with Gasteiger partial charge >= 0.3 is 0 Å². The molecule has 3 rings (SSSR count). The Morgan fingerprint density at radius 2 is 1.90 bits per heavy atom. The molecule has 0 amide bonds. The molecule has 2 fully saturated rings. The van der Waals surface area contributed by atoms with Crippen molar-refractivity contribution < 1.29 is 5.11 Å². The summed E-state index contributed by atoms with van der Waals surface area (Å²) in [5, 5.41) is 13.5. The molecular weight excluding hydrogens is 332 g/mol. The molecule has 20 heavy (non-hydrogen) atoms. The maximum Gasteiger partial charge on any atom is 0.0726 e. The van der Waals surface area contributed by atoms with E-state index in [2.05, 4.69) is 27.4 Å². The summed E-state index contributed by atoms with van der Waals surface area (Å²) in [5.41, 5.74) is -0.440. The zero-order valence-electron chi connectivity index (χ0n) is 12.1. The van der Waals surface area contributed by atoms with Crippen molar-refractivity contribution in [2.75, 3.05) is 0 Å². The second-order valence-corrected chi connectivity index (χ2v) is 8.67. The van der Waals surface area contributed by atoms with Crippen molar-refractivity contribution in [3.8, 4) is 0 Å². The number of aliphatic hydroxyl groups is 1. The van der Waals surface area contributed by atoms with Crippen molar-refractivity contribution in [3.63, 3.8) is 0 Å². The first-order chi connectivity index (χ1) is 9.67. The van der Waals surface area contributed by atoms with Crippen molar-refractivity contribution in [2.45, 2.75) is 69.8 Å². The highest BCUT2D eigenvalue weighted by Crippen LogP contribution is 2.45. The largest absolute Gasteiger partial charge is 0.389 e. The quantitative estimate of drug-likeness (QED) is 0.751. The van der Waals surface area contributed by atoms with Gasteiger partial charge in [-0.25, -0.2) is 0 Å². The fourth-order valence-electron chi connectivity index (χ4n) is 4.43. The molecule has 0 aliphatic heterocycles. The van der Waals surface area contributed by atoms with Gasteiger partial charge in [0.2, 0.25) is 0 Å². The van der Waals surface area contributed by atoms with Crippen LogP contribution >= 0.6 is 27.3 Å². The summed E-state index contributed by atoms with van der Waals surface area (Å²) in [6.07, 6.45) is 12.5. The van der Waals surface area contributed by atoms with Crippen LogP contribution in [0.3, 0.4) is 0 Å². The normalized spacial score (nSPS) is 32.4. The van der Waals surface area contributed by atoms with E-state index in [4.69, 9.17) is 0 Å². The molecule has 0 bridgehead atoms. The van der Waals surface area contributed by atoms with Crippen LogP contribution in [0.5, 0.6) is 0 Å². The van der Waals surface area contributed by atoms with E-state index in [1.54, 1.807) is 11.3 Å². The second kappa shape index (κ2) is 6.50. The monoisotopic (exact) mass is 356 g/mol. The molecule has 1 N–H and O–H groups in total. The van der Waals surface area contributed by atoms with Gasteiger partial charge in [-0.3, -0.25) is 0 Å². The molecule has 2 aliphatic carbocycles. The van der Waals surface area contributed by atoms with Crippen LogP contribution in [-0.4, -0.2) is 10.7 Å². The van der Waals surface area contributed by atoms with E-state index in [1.165, 1.54) is 56.2 Å². The van der Waals surface area contributed by atoms with E-state index in [-0.39, 0.29) is 0 Å². The summed E-state index contributed by atoms with van der Waals surface area (Å²) in [4.78, 5) is 1.34. The second-order valence-electron chi connectivity index (χ2n) is 6.76. The molecule has 2 atom stereocenters. The van der Waals surface area contributed by atoms with Crippen LogP contribution in [0.25, 0.3) is 0 Å². The molecule has 1 heterocycles. The lowest BCUT2D eigenvalue weighted by Crippen LogP contribution is -2.46. The van der Waals surface area contributed by atoms with Gasteiger partial charge in [0.15, 0.2) is 0 Å². The predicted molar refractivity (Wildman–Crippen MR) is 89.2 cm³/mol. The van der Waals surface area contributed by atoms with Gasteiger partial charge < -0.3 is 5.11 Å². The molecule has 1 nitrogen and oxygen atoms in total. The zero-order valence-corrected chi connectivity index (χ0v) is 14.5. The van der Waals surface area contributed by atoms with E-state index < -0.39 is 5.60 Å². The van der Waals surface area contributed by atoms with Crippen molar-refractivity contribution in [2.24, 2.45) is 11.8 Å². The van der Waals surface area contributed by atoms with Crippen molar-refractivity contribution in [1.29, 1.82) is 0 Å². The Balaban J connectivity index is 1.75. The van der Waals surface area contributed by atoms with Crippen LogP contribution in [0, 0.1) is 11.8 Å². The average molecular weight is 357 g/mol. The molecule has 2 aliphatic rings. The molecule has 3 heteroatoms. The Hall–Kier alpha value is 0.140. The minimum atomic E-state index is -0.440. The van der Waals surface area contributed by atoms with E-state index in [0.717, 1.165) is 23.2 Å². The third-order valence-electron chi connectivity index (χ3n) is 5.39. The van der Waals surface area contributed by atoms with Crippen molar-refractivity contribution in [3.05, 3.63) is 20.8 Å². The fraction of sp³-hybridized carbons (Fsp3) is 0.765. The van der Waals surface area contributed by atoms with Crippen LogP contribution in [0.2, 0.25) is 0 Å². The highest BCUT2D eigenvalue weighted by Gasteiger charge is 2.43. The first-order valence-electron chi connectivity index (χ1n) is 8.13. The molecular formula is C17H25BrOS. The minimum absolute atomic E-state index is 0.440. The maximum absolute atomic E-state index is 11.3. The summed E-state index contributed by atoms with van der Waals surface area (Å²) in [5.74, 6) is 1.31. The molecule has 0 saturated heterocycles. The molecule has 112 valence electrons. The molecule has 0 aromatic carbocycles. The van der Waals surface area contributed by atoms with Gasteiger partial charge in [-0.1, -0.05) is 44.9 Å². The minimum Gasteiger partial charge on any atom is -0.389 e. The van der Waals surface area contributed by atoms with Crippen LogP contribution in [0.15, 0.2) is 15.9 Å². The van der Waals surface area contributed by atoms with Gasteiger partial charge in [0.05, 0.1) is 5.60 Å². The van der Waals surface area contributed by atoms with Crippen molar-refractivity contribution >= 4 is 27.3 Å². The standard InChI is InChI=1S/C17H25BrOS/c18-14-10-15(20-12-14)11-17(19)9-5-4-8-16(17)13-6-2-1-3-7-13/h10,12-13,16,19H,1-9,11H2. The Morgan fingerprint density at radius 1 is 1.15 bits per heavy atom. The van der Waals surface area contributed by atoms with E-state index >= 15 is 0 Å². The van der Waals surface area contributed by atoms with Gasteiger partial charge in [-0.05, 0) is 46.7 Å². The molecule has 2 unspecified atom stereocenters. The predicted octanol–water partition coefficient (Wildman–Crippen LogP) is 5.55. The van der Waals surface area contributed by atoms with Crippen LogP contribution in [0.4, 0.5) is 0 Å². The lowest BCUT2D eigenvalue weighted by molar-refractivity contribution is -0.0761. The van der Waals surface area contributed by atoms with Crippen LogP contribution < -0.4 is 0 Å². The van der Waals surface area contributed by atoms with Gasteiger partial charge in [0.1, 0.15) is 0 Å². The Bertz CT molecular complexity index is 438. The SMILES string of the molecule is OC1(Cc2cc(Br)cs2)CCCCC1C1CCCCC1. The van der Waals surface area contributed by atoms with Crippen LogP contribution in [0.1, 0.15) is 62.7 Å². The summed E-state index contributed by atoms with van der Waals surface area (Å²) in [6, 6.07) is 2.19. The molecule has 2 saturated carbocycles. The highest BCUT2D eigenvalue weighted by molar-refractivity contribution is 9.10. The molecule has 1 aromatic heterocycles. The molecule has 0 spiro atoms. The van der Waals surface area contributed by atoms with E-state index in [0.29, 0.717) is 5.92 Å². The third-order valence-corrected chi connectivity index (χ3v) is 7.08. The zero-order chi connectivity index (χ0) is 14.0. The summed E-state index contributed by atoms with van der Waals surface area (Å²) < 4.78 is 1.16. The lowest BCUT2D eigenvalue weighted by Gasteiger charge is -2.45. The maximum atomic E-state index is 11.3. The smallest absolute Gasteiger partial charge is 0.0726 e. The molecule has 1 aromatic rings. The van der Waals surface area contributed by atoms with Gasteiger partial charge in [0, 0.05) is 21.2 Å². The number of rotatable bonds is 3. The Morgan fingerprint density at radius 3 is 2.60 bits per heavy atom. The summed E-state index contributed by atoms with van der Waals surface area (Å²) in [7, 11) is 0. The van der Waals surface area contributed by atoms with Crippen LogP contribution in [-0.2, 0) is 6.42 Å². The summed E-state index contributed by atoms with van der Waals surface area (Å²) in [6.45, 7) is 0. The lowest BCUT2D eigenvalue weighted by atomic mass is 9.64. The number of hydrogen-bond donors (Lipinski definition) is 1. The van der Waals surface area contributed by atoms with Gasteiger partial charge in [0.25, 0.3) is 0 Å². The highest BCUT2D eigenvalue weighted by atomic mass is 79.9. The van der Waals surface area contributed by atoms with E-state index in [9.17, 15) is 5.11 Å². The van der Waals surface area contributed by atoms with E-state index in [1.807, 2.05) is 0 Å². The summed E-state index contributed by atoms with van der Waals surface area (Å²) >= 11 is 5.32. The fourth-order valence-corrected chi connectivity index (χ4v) is 6.00. The molecule has 0 radical (unpaired) electrons. The average Bonchev–Trinajstić information content (AvgIpc) is 2.85. The van der Waals surface area contributed by atoms with Gasteiger partial charge in [-0.2, -0.15) is 0 Å². The first-order valence-corrected chi connectivity index (χ1v) is 9.80. The number of thiophene rings is 1.